The molecule has 0 aliphatic carbocycles. The van der Waals surface area contributed by atoms with Gasteiger partial charge in [0, 0.05) is 12.5 Å². The van der Waals surface area contributed by atoms with E-state index >= 15 is 0 Å². The van der Waals surface area contributed by atoms with Crippen molar-refractivity contribution < 1.29 is 9.90 Å². The van der Waals surface area contributed by atoms with Crippen molar-refractivity contribution >= 4 is 5.91 Å². The smallest absolute Gasteiger partial charge is 0.233 e. The second-order valence-corrected chi connectivity index (χ2v) is 4.56. The summed E-state index contributed by atoms with van der Waals surface area (Å²) in [6.45, 7) is 0.460. The maximum absolute atomic E-state index is 11.4. The number of carbonyl (C=O) groups excluding carboxylic acids is 1. The second kappa shape index (κ2) is 6.73. The highest BCUT2D eigenvalue weighted by atomic mass is 16.3. The third kappa shape index (κ3) is 3.59. The Morgan fingerprint density at radius 1 is 1.05 bits per heavy atom. The Morgan fingerprint density at radius 3 is 2.25 bits per heavy atom. The van der Waals surface area contributed by atoms with Gasteiger partial charge in [-0.15, -0.1) is 0 Å². The minimum absolute atomic E-state index is 0.0168. The molecule has 0 fully saturated rings. The number of phenolic OH excluding ortho intramolecular Hbond substituents is 1. The van der Waals surface area contributed by atoms with Gasteiger partial charge in [0.2, 0.25) is 5.91 Å². The van der Waals surface area contributed by atoms with Crippen molar-refractivity contribution in [1.82, 2.24) is 5.32 Å². The van der Waals surface area contributed by atoms with Crippen LogP contribution in [0.1, 0.15) is 17.0 Å². The lowest BCUT2D eigenvalue weighted by molar-refractivity contribution is -0.119. The van der Waals surface area contributed by atoms with Gasteiger partial charge in [-0.25, -0.2) is 0 Å². The summed E-state index contributed by atoms with van der Waals surface area (Å²) in [4.78, 5) is 11.4. The van der Waals surface area contributed by atoms with Crippen LogP contribution in [0.5, 0.6) is 5.75 Å². The van der Waals surface area contributed by atoms with Crippen LogP contribution >= 0.6 is 0 Å². The van der Waals surface area contributed by atoms with Crippen LogP contribution in [0.2, 0.25) is 0 Å². The van der Waals surface area contributed by atoms with Gasteiger partial charge in [0.15, 0.2) is 0 Å². The van der Waals surface area contributed by atoms with Gasteiger partial charge >= 0.3 is 0 Å². The normalized spacial score (nSPS) is 11.8. The zero-order valence-corrected chi connectivity index (χ0v) is 11.1. The Balaban J connectivity index is 2.24. The molecule has 4 N–H and O–H groups in total. The molecule has 1 atom stereocenters. The third-order valence-corrected chi connectivity index (χ3v) is 3.19. The van der Waals surface area contributed by atoms with Gasteiger partial charge in [0.05, 0.1) is 6.54 Å². The molecule has 20 heavy (non-hydrogen) atoms. The molecule has 0 aliphatic heterocycles. The van der Waals surface area contributed by atoms with Crippen molar-refractivity contribution in [3.63, 3.8) is 0 Å². The van der Waals surface area contributed by atoms with Crippen LogP contribution in [0.15, 0.2) is 54.6 Å². The molecule has 0 radical (unpaired) electrons. The highest BCUT2D eigenvalue weighted by Crippen LogP contribution is 2.25. The Kier molecular flexibility index (Phi) is 4.74. The molecule has 104 valence electrons. The number of rotatable bonds is 5. The van der Waals surface area contributed by atoms with Crippen molar-refractivity contribution in [3.8, 4) is 5.75 Å². The van der Waals surface area contributed by atoms with Gasteiger partial charge in [-0.3, -0.25) is 4.79 Å². The lowest BCUT2D eigenvalue weighted by Crippen LogP contribution is -2.33. The zero-order valence-electron chi connectivity index (χ0n) is 11.1. The highest BCUT2D eigenvalue weighted by molar-refractivity contribution is 5.77. The number of amides is 1. The predicted molar refractivity (Wildman–Crippen MR) is 78.5 cm³/mol. The summed E-state index contributed by atoms with van der Waals surface area (Å²) in [6, 6.07) is 16.9. The predicted octanol–water partition coefficient (Wildman–Crippen LogP) is 1.60. The minimum Gasteiger partial charge on any atom is -0.508 e. The molecule has 4 heteroatoms. The molecule has 0 heterocycles. The summed E-state index contributed by atoms with van der Waals surface area (Å²) >= 11 is 0. The number of carbonyl (C=O) groups is 1. The van der Waals surface area contributed by atoms with Crippen LogP contribution in [0.3, 0.4) is 0 Å². The summed E-state index contributed by atoms with van der Waals surface area (Å²) < 4.78 is 0. The maximum Gasteiger partial charge on any atom is 0.233 e. The number of hydrogen-bond donors (Lipinski definition) is 3. The first-order chi connectivity index (χ1) is 9.70. The summed E-state index contributed by atoms with van der Waals surface area (Å²) in [7, 11) is 0. The standard InChI is InChI=1S/C16H18N2O2/c17-10-16(20)18-11-15(12-4-2-1-3-5-12)13-6-8-14(19)9-7-13/h1-9,15,19H,10-11,17H2,(H,18,20). The fourth-order valence-corrected chi connectivity index (χ4v) is 2.11. The van der Waals surface area contributed by atoms with E-state index in [9.17, 15) is 9.90 Å². The molecule has 2 aromatic rings. The summed E-state index contributed by atoms with van der Waals surface area (Å²) in [5.41, 5.74) is 7.45. The van der Waals surface area contributed by atoms with E-state index in [1.807, 2.05) is 42.5 Å². The van der Waals surface area contributed by atoms with Crippen LogP contribution in [0.4, 0.5) is 0 Å². The van der Waals surface area contributed by atoms with E-state index in [0.29, 0.717) is 6.54 Å². The number of nitrogens with two attached hydrogens (primary N) is 1. The van der Waals surface area contributed by atoms with E-state index < -0.39 is 0 Å². The molecule has 0 spiro atoms. The molecule has 1 amide bonds. The van der Waals surface area contributed by atoms with Crippen LogP contribution in [0, 0.1) is 0 Å². The lowest BCUT2D eigenvalue weighted by atomic mass is 9.91. The molecule has 2 aromatic carbocycles. The minimum atomic E-state index is -0.176. The monoisotopic (exact) mass is 270 g/mol. The van der Waals surface area contributed by atoms with Crippen molar-refractivity contribution in [2.24, 2.45) is 5.73 Å². The maximum atomic E-state index is 11.4. The highest BCUT2D eigenvalue weighted by Gasteiger charge is 2.14. The van der Waals surface area contributed by atoms with Crippen LogP contribution in [-0.4, -0.2) is 24.1 Å². The number of nitrogens with one attached hydrogen (secondary N) is 1. The molecule has 4 nitrogen and oxygen atoms in total. The number of hydrogen-bond acceptors (Lipinski definition) is 3. The fraction of sp³-hybridized carbons (Fsp3) is 0.188. The van der Waals surface area contributed by atoms with Crippen molar-refractivity contribution in [2.45, 2.75) is 5.92 Å². The fourth-order valence-electron chi connectivity index (χ4n) is 2.11. The largest absolute Gasteiger partial charge is 0.508 e. The lowest BCUT2D eigenvalue weighted by Gasteiger charge is -2.18. The third-order valence-electron chi connectivity index (χ3n) is 3.19. The van der Waals surface area contributed by atoms with Crippen molar-refractivity contribution in [3.05, 3.63) is 65.7 Å². The first-order valence-electron chi connectivity index (χ1n) is 6.51. The number of phenols is 1. The molecule has 0 saturated heterocycles. The summed E-state index contributed by atoms with van der Waals surface area (Å²) in [5, 5.41) is 12.2. The van der Waals surface area contributed by atoms with E-state index in [4.69, 9.17) is 5.73 Å². The molecule has 1 unspecified atom stereocenters. The van der Waals surface area contributed by atoms with E-state index in [-0.39, 0.29) is 24.1 Å². The van der Waals surface area contributed by atoms with Gasteiger partial charge < -0.3 is 16.2 Å². The number of benzene rings is 2. The Labute approximate surface area is 118 Å². The first kappa shape index (κ1) is 14.1. The first-order valence-corrected chi connectivity index (χ1v) is 6.51. The van der Waals surface area contributed by atoms with Crippen molar-refractivity contribution in [1.29, 1.82) is 0 Å². The summed E-state index contributed by atoms with van der Waals surface area (Å²) in [5.74, 6) is 0.0866. The Bertz CT molecular complexity index is 552. The van der Waals surface area contributed by atoms with E-state index in [0.717, 1.165) is 11.1 Å². The molecule has 0 bridgehead atoms. The topological polar surface area (TPSA) is 75.4 Å². The van der Waals surface area contributed by atoms with Crippen molar-refractivity contribution in [2.75, 3.05) is 13.1 Å². The van der Waals surface area contributed by atoms with Gasteiger partial charge in [0.25, 0.3) is 0 Å². The molecular weight excluding hydrogens is 252 g/mol. The Morgan fingerprint density at radius 2 is 1.65 bits per heavy atom. The van der Waals surface area contributed by atoms with Gasteiger partial charge in [0.1, 0.15) is 5.75 Å². The van der Waals surface area contributed by atoms with E-state index in [1.54, 1.807) is 12.1 Å². The molecule has 0 saturated carbocycles. The second-order valence-electron chi connectivity index (χ2n) is 4.56. The SMILES string of the molecule is NCC(=O)NCC(c1ccccc1)c1ccc(O)cc1. The average Bonchev–Trinajstić information content (AvgIpc) is 2.50. The number of aromatic hydroxyl groups is 1. The van der Waals surface area contributed by atoms with Crippen LogP contribution in [0.25, 0.3) is 0 Å². The molecule has 0 aromatic heterocycles. The van der Waals surface area contributed by atoms with E-state index in [1.165, 1.54) is 0 Å². The quantitative estimate of drug-likeness (QED) is 0.772. The average molecular weight is 270 g/mol. The van der Waals surface area contributed by atoms with Gasteiger partial charge in [-0.1, -0.05) is 42.5 Å². The molecule has 0 aliphatic rings. The van der Waals surface area contributed by atoms with Gasteiger partial charge in [-0.05, 0) is 23.3 Å². The Hall–Kier alpha value is -2.33. The van der Waals surface area contributed by atoms with Gasteiger partial charge in [-0.2, -0.15) is 0 Å². The summed E-state index contributed by atoms with van der Waals surface area (Å²) in [6.07, 6.45) is 0. The zero-order chi connectivity index (χ0) is 14.4. The van der Waals surface area contributed by atoms with Crippen LogP contribution < -0.4 is 11.1 Å². The molecule has 2 rings (SSSR count). The van der Waals surface area contributed by atoms with E-state index in [2.05, 4.69) is 5.32 Å². The molecular formula is C16H18N2O2. The van der Waals surface area contributed by atoms with Crippen LogP contribution in [-0.2, 0) is 4.79 Å².